The number of rotatable bonds is 6. The lowest BCUT2D eigenvalue weighted by Crippen LogP contribution is -2.36. The molecule has 13 heteroatoms. The number of nitrogens with one attached hydrogen (secondary N) is 1. The number of carbonyl (C=O) groups is 1. The predicted molar refractivity (Wildman–Crippen MR) is 147 cm³/mol. The molecule has 1 aliphatic rings. The van der Waals surface area contributed by atoms with Crippen LogP contribution >= 0.6 is 23.2 Å². The Morgan fingerprint density at radius 1 is 1.11 bits per heavy atom. The van der Waals surface area contributed by atoms with E-state index in [0.29, 0.717) is 32.4 Å². The van der Waals surface area contributed by atoms with E-state index >= 15 is 0 Å². The van der Waals surface area contributed by atoms with Crippen molar-refractivity contribution in [2.75, 3.05) is 17.8 Å². The van der Waals surface area contributed by atoms with Gasteiger partial charge in [0, 0.05) is 45.2 Å². The zero-order valence-electron chi connectivity index (χ0n) is 20.1. The standard InChI is InChI=1S/C25H22Cl2N4O5S2/c1-37(33,34)14-21-22(25(32)29-17-10-11-38(35,36)13-17)24-28-12-19(18-4-2-3-5-20(18)27)23(31(24)30-21)15-6-8-16(26)9-7-15/h2-9,12,17H,10-11,13-14H2,1H3,(H,29,32). The van der Waals surface area contributed by atoms with E-state index in [1.54, 1.807) is 42.6 Å². The van der Waals surface area contributed by atoms with Gasteiger partial charge in [0.15, 0.2) is 25.3 Å². The molecule has 0 radical (unpaired) electrons. The molecule has 1 unspecified atom stereocenters. The molecule has 1 N–H and O–H groups in total. The van der Waals surface area contributed by atoms with Crippen molar-refractivity contribution in [2.24, 2.45) is 0 Å². The first-order valence-electron chi connectivity index (χ1n) is 11.5. The van der Waals surface area contributed by atoms with Crippen molar-refractivity contribution in [2.45, 2.75) is 18.2 Å². The van der Waals surface area contributed by atoms with E-state index in [-0.39, 0.29) is 34.8 Å². The first-order valence-corrected chi connectivity index (χ1v) is 16.2. The molecule has 1 atom stereocenters. The van der Waals surface area contributed by atoms with Gasteiger partial charge in [-0.3, -0.25) is 4.79 Å². The van der Waals surface area contributed by atoms with Crippen molar-refractivity contribution in [3.8, 4) is 22.4 Å². The van der Waals surface area contributed by atoms with Crippen molar-refractivity contribution < 1.29 is 21.6 Å². The lowest BCUT2D eigenvalue weighted by molar-refractivity contribution is 0.0942. The molecule has 2 aromatic heterocycles. The minimum absolute atomic E-state index is 0.00452. The SMILES string of the molecule is CS(=O)(=O)Cc1nn2c(-c3ccc(Cl)cc3)c(-c3ccccc3Cl)cnc2c1C(=O)NC1CCS(=O)(=O)C1. The zero-order chi connectivity index (χ0) is 27.2. The number of sulfone groups is 2. The summed E-state index contributed by atoms with van der Waals surface area (Å²) in [4.78, 5) is 18.0. The van der Waals surface area contributed by atoms with Gasteiger partial charge < -0.3 is 5.32 Å². The van der Waals surface area contributed by atoms with Gasteiger partial charge in [-0.15, -0.1) is 0 Å². The third-order valence-corrected chi connectivity index (χ3v) is 9.34. The van der Waals surface area contributed by atoms with Gasteiger partial charge in [0.05, 0.1) is 28.6 Å². The maximum absolute atomic E-state index is 13.5. The summed E-state index contributed by atoms with van der Waals surface area (Å²) in [5.74, 6) is -1.35. The van der Waals surface area contributed by atoms with Gasteiger partial charge in [-0.1, -0.05) is 53.5 Å². The Hall–Kier alpha value is -2.99. The Balaban J connectivity index is 1.76. The van der Waals surface area contributed by atoms with Crippen molar-refractivity contribution in [1.82, 2.24) is 19.9 Å². The van der Waals surface area contributed by atoms with E-state index in [1.807, 2.05) is 12.1 Å². The van der Waals surface area contributed by atoms with E-state index in [2.05, 4.69) is 15.4 Å². The minimum Gasteiger partial charge on any atom is -0.348 e. The van der Waals surface area contributed by atoms with E-state index in [1.165, 1.54) is 4.52 Å². The van der Waals surface area contributed by atoms with Crippen LogP contribution in [0.15, 0.2) is 54.7 Å². The number of fused-ring (bicyclic) bond motifs is 1. The van der Waals surface area contributed by atoms with Crippen molar-refractivity contribution in [3.63, 3.8) is 0 Å². The first-order chi connectivity index (χ1) is 17.9. The van der Waals surface area contributed by atoms with Crippen LogP contribution in [0.1, 0.15) is 22.5 Å². The zero-order valence-corrected chi connectivity index (χ0v) is 23.2. The topological polar surface area (TPSA) is 128 Å². The monoisotopic (exact) mass is 592 g/mol. The Kier molecular flexibility index (Phi) is 6.97. The van der Waals surface area contributed by atoms with Crippen LogP contribution in [0.25, 0.3) is 28.0 Å². The largest absolute Gasteiger partial charge is 0.348 e. The summed E-state index contributed by atoms with van der Waals surface area (Å²) < 4.78 is 49.9. The lowest BCUT2D eigenvalue weighted by atomic mass is 10.0. The van der Waals surface area contributed by atoms with Crippen molar-refractivity contribution in [3.05, 3.63) is 76.0 Å². The molecule has 1 fully saturated rings. The Labute approximate surface area is 229 Å². The Bertz CT molecular complexity index is 1790. The number of carbonyl (C=O) groups excluding carboxylic acids is 1. The fourth-order valence-corrected chi connectivity index (χ4v) is 7.28. The molecule has 9 nitrogen and oxygen atoms in total. The molecule has 1 saturated heterocycles. The number of amides is 1. The fourth-order valence-electron chi connectivity index (χ4n) is 4.54. The molecular formula is C25H22Cl2N4O5S2. The lowest BCUT2D eigenvalue weighted by Gasteiger charge is -2.14. The van der Waals surface area contributed by atoms with Crippen LogP contribution in [0.2, 0.25) is 10.0 Å². The van der Waals surface area contributed by atoms with Crippen molar-refractivity contribution >= 4 is 54.4 Å². The molecule has 1 amide bonds. The Morgan fingerprint density at radius 3 is 2.45 bits per heavy atom. The Morgan fingerprint density at radius 2 is 1.82 bits per heavy atom. The van der Waals surface area contributed by atoms with Gasteiger partial charge in [-0.25, -0.2) is 26.3 Å². The highest BCUT2D eigenvalue weighted by atomic mass is 35.5. The quantitative estimate of drug-likeness (QED) is 0.360. The third kappa shape index (κ3) is 5.42. The number of nitrogens with zero attached hydrogens (tertiary/aromatic N) is 3. The highest BCUT2D eigenvalue weighted by Crippen LogP contribution is 2.37. The number of halogens is 2. The number of aromatic nitrogens is 3. The summed E-state index contributed by atoms with van der Waals surface area (Å²) in [7, 11) is -6.85. The molecule has 3 heterocycles. The summed E-state index contributed by atoms with van der Waals surface area (Å²) in [6.07, 6.45) is 2.88. The summed E-state index contributed by atoms with van der Waals surface area (Å²) in [6, 6.07) is 13.5. The molecule has 1 aliphatic heterocycles. The van der Waals surface area contributed by atoms with Gasteiger partial charge in [0.2, 0.25) is 0 Å². The van der Waals surface area contributed by atoms with E-state index in [0.717, 1.165) is 6.26 Å². The number of hydrogen-bond donors (Lipinski definition) is 1. The number of benzene rings is 2. The first kappa shape index (κ1) is 26.6. The highest BCUT2D eigenvalue weighted by molar-refractivity contribution is 7.91. The normalized spacial score (nSPS) is 17.1. The van der Waals surface area contributed by atoms with Crippen LogP contribution in [-0.4, -0.2) is 61.1 Å². The van der Waals surface area contributed by atoms with Crippen LogP contribution in [0, 0.1) is 0 Å². The second kappa shape index (κ2) is 9.96. The molecule has 198 valence electrons. The molecule has 0 aliphatic carbocycles. The molecule has 0 saturated carbocycles. The highest BCUT2D eigenvalue weighted by Gasteiger charge is 2.32. The smallest absolute Gasteiger partial charge is 0.257 e. The average Bonchev–Trinajstić information content (AvgIpc) is 3.36. The van der Waals surface area contributed by atoms with Crippen LogP contribution in [-0.2, 0) is 25.4 Å². The van der Waals surface area contributed by atoms with Crippen LogP contribution < -0.4 is 5.32 Å². The van der Waals surface area contributed by atoms with E-state index in [9.17, 15) is 21.6 Å². The second-order valence-corrected chi connectivity index (χ2v) is 14.4. The maximum atomic E-state index is 13.5. The summed E-state index contributed by atoms with van der Waals surface area (Å²) in [5.41, 5.74) is 2.58. The molecule has 0 spiro atoms. The molecule has 38 heavy (non-hydrogen) atoms. The molecule has 0 bridgehead atoms. The molecular weight excluding hydrogens is 571 g/mol. The van der Waals surface area contributed by atoms with E-state index in [4.69, 9.17) is 23.2 Å². The number of hydrogen-bond acceptors (Lipinski definition) is 7. The predicted octanol–water partition coefficient (Wildman–Crippen LogP) is 3.83. The van der Waals surface area contributed by atoms with Crippen LogP contribution in [0.3, 0.4) is 0 Å². The molecule has 2 aromatic carbocycles. The summed E-state index contributed by atoms with van der Waals surface area (Å²) in [5, 5.41) is 8.27. The summed E-state index contributed by atoms with van der Waals surface area (Å²) >= 11 is 12.6. The van der Waals surface area contributed by atoms with E-state index < -0.39 is 37.4 Å². The van der Waals surface area contributed by atoms with Crippen LogP contribution in [0.5, 0.6) is 0 Å². The van der Waals surface area contributed by atoms with Crippen LogP contribution in [0.4, 0.5) is 0 Å². The molecule has 5 rings (SSSR count). The van der Waals surface area contributed by atoms with Gasteiger partial charge >= 0.3 is 0 Å². The minimum atomic E-state index is -3.60. The maximum Gasteiger partial charge on any atom is 0.257 e. The second-order valence-electron chi connectivity index (χ2n) is 9.21. The third-order valence-electron chi connectivity index (χ3n) is 6.19. The van der Waals surface area contributed by atoms with Gasteiger partial charge in [-0.05, 0) is 24.6 Å². The molecule has 4 aromatic rings. The van der Waals surface area contributed by atoms with Crippen molar-refractivity contribution in [1.29, 1.82) is 0 Å². The van der Waals surface area contributed by atoms with Gasteiger partial charge in [-0.2, -0.15) is 5.10 Å². The van der Waals surface area contributed by atoms with Gasteiger partial charge in [0.1, 0.15) is 5.56 Å². The fraction of sp³-hybridized carbons (Fsp3) is 0.240. The van der Waals surface area contributed by atoms with Gasteiger partial charge in [0.25, 0.3) is 5.91 Å². The average molecular weight is 594 g/mol. The summed E-state index contributed by atoms with van der Waals surface area (Å²) in [6.45, 7) is 0.